The molecule has 0 aliphatic rings. The third-order valence-electron chi connectivity index (χ3n) is 3.12. The molecule has 0 saturated heterocycles. The second-order valence-corrected chi connectivity index (χ2v) is 6.04. The molecule has 1 heterocycles. The number of carbonyl (C=O) groups excluding carboxylic acids is 1. The molecule has 1 aromatic carbocycles. The highest BCUT2D eigenvalue weighted by atomic mass is 32.1. The second kappa shape index (κ2) is 6.15. The van der Waals surface area contributed by atoms with Crippen LogP contribution in [0.2, 0.25) is 0 Å². The Morgan fingerprint density at radius 1 is 1.40 bits per heavy atom. The van der Waals surface area contributed by atoms with Crippen LogP contribution in [0, 0.1) is 12.7 Å². The van der Waals surface area contributed by atoms with Crippen molar-refractivity contribution in [3.05, 3.63) is 57.0 Å². The number of nitrogens with two attached hydrogens (primary N) is 1. The second-order valence-electron chi connectivity index (χ2n) is 4.72. The van der Waals surface area contributed by atoms with Crippen LogP contribution < -0.4 is 11.1 Å². The maximum absolute atomic E-state index is 13.7. The Bertz CT molecular complexity index is 624. The number of thiophene rings is 1. The summed E-state index contributed by atoms with van der Waals surface area (Å²) < 4.78 is 13.7. The SMILES string of the molecule is Cc1ccc(C(C)NCc2cc(C(N)=O)ccc2F)s1. The summed E-state index contributed by atoms with van der Waals surface area (Å²) >= 11 is 1.71. The molecular formula is C15H17FN2OS. The number of hydrogen-bond acceptors (Lipinski definition) is 3. The lowest BCUT2D eigenvalue weighted by atomic mass is 10.1. The summed E-state index contributed by atoms with van der Waals surface area (Å²) in [6.07, 6.45) is 0. The van der Waals surface area contributed by atoms with Crippen molar-refractivity contribution in [2.45, 2.75) is 26.4 Å². The Morgan fingerprint density at radius 2 is 2.15 bits per heavy atom. The normalized spacial score (nSPS) is 12.3. The lowest BCUT2D eigenvalue weighted by molar-refractivity contribution is 0.1000. The first kappa shape index (κ1) is 14.7. The summed E-state index contributed by atoms with van der Waals surface area (Å²) in [5, 5.41) is 3.25. The van der Waals surface area contributed by atoms with E-state index in [0.29, 0.717) is 17.7 Å². The first-order valence-corrected chi connectivity index (χ1v) is 7.17. The lowest BCUT2D eigenvalue weighted by Crippen LogP contribution is -2.19. The molecule has 20 heavy (non-hydrogen) atoms. The maximum Gasteiger partial charge on any atom is 0.248 e. The zero-order chi connectivity index (χ0) is 14.7. The fourth-order valence-electron chi connectivity index (χ4n) is 1.91. The van der Waals surface area contributed by atoms with Gasteiger partial charge in [0.2, 0.25) is 5.91 Å². The molecule has 1 amide bonds. The van der Waals surface area contributed by atoms with Gasteiger partial charge in [0.05, 0.1) is 0 Å². The number of hydrogen-bond donors (Lipinski definition) is 2. The van der Waals surface area contributed by atoms with Crippen LogP contribution in [0.5, 0.6) is 0 Å². The zero-order valence-corrected chi connectivity index (χ0v) is 12.3. The highest BCUT2D eigenvalue weighted by molar-refractivity contribution is 7.12. The highest BCUT2D eigenvalue weighted by Crippen LogP contribution is 2.22. The minimum atomic E-state index is -0.548. The molecule has 5 heteroatoms. The third kappa shape index (κ3) is 3.43. The van der Waals surface area contributed by atoms with Crippen LogP contribution in [0.3, 0.4) is 0 Å². The molecule has 3 nitrogen and oxygen atoms in total. The van der Waals surface area contributed by atoms with Gasteiger partial charge in [-0.3, -0.25) is 4.79 Å². The van der Waals surface area contributed by atoms with Gasteiger partial charge in [-0.1, -0.05) is 0 Å². The zero-order valence-electron chi connectivity index (χ0n) is 11.4. The Kier molecular flexibility index (Phi) is 4.52. The van der Waals surface area contributed by atoms with E-state index in [-0.39, 0.29) is 11.9 Å². The molecule has 0 bridgehead atoms. The number of nitrogens with one attached hydrogen (secondary N) is 1. The van der Waals surface area contributed by atoms with Crippen LogP contribution in [0.15, 0.2) is 30.3 Å². The Balaban J connectivity index is 2.06. The molecule has 1 atom stereocenters. The molecule has 0 aliphatic heterocycles. The monoisotopic (exact) mass is 292 g/mol. The average Bonchev–Trinajstić information content (AvgIpc) is 2.84. The summed E-state index contributed by atoms with van der Waals surface area (Å²) in [7, 11) is 0. The van der Waals surface area contributed by atoms with Gasteiger partial charge in [-0.2, -0.15) is 0 Å². The van der Waals surface area contributed by atoms with E-state index in [1.165, 1.54) is 28.0 Å². The van der Waals surface area contributed by atoms with E-state index in [1.807, 2.05) is 6.92 Å². The fraction of sp³-hybridized carbons (Fsp3) is 0.267. The van der Waals surface area contributed by atoms with E-state index in [9.17, 15) is 9.18 Å². The Hall–Kier alpha value is -1.72. The van der Waals surface area contributed by atoms with Gasteiger partial charge in [-0.25, -0.2) is 4.39 Å². The fourth-order valence-corrected chi connectivity index (χ4v) is 2.82. The largest absolute Gasteiger partial charge is 0.366 e. The molecule has 2 aromatic rings. The summed E-state index contributed by atoms with van der Waals surface area (Å²) in [5.74, 6) is -0.884. The Morgan fingerprint density at radius 3 is 2.75 bits per heavy atom. The van der Waals surface area contributed by atoms with Crippen molar-refractivity contribution in [2.24, 2.45) is 5.73 Å². The van der Waals surface area contributed by atoms with Crippen LogP contribution in [-0.4, -0.2) is 5.91 Å². The van der Waals surface area contributed by atoms with Crippen LogP contribution in [0.25, 0.3) is 0 Å². The van der Waals surface area contributed by atoms with Crippen molar-refractivity contribution in [3.8, 4) is 0 Å². The lowest BCUT2D eigenvalue weighted by Gasteiger charge is -2.13. The molecule has 1 aromatic heterocycles. The average molecular weight is 292 g/mol. The van der Waals surface area contributed by atoms with Gasteiger partial charge in [-0.15, -0.1) is 11.3 Å². The summed E-state index contributed by atoms with van der Waals surface area (Å²) in [6, 6.07) is 8.42. The van der Waals surface area contributed by atoms with E-state index < -0.39 is 5.91 Å². The minimum Gasteiger partial charge on any atom is -0.366 e. The molecule has 0 fully saturated rings. The van der Waals surface area contributed by atoms with Gasteiger partial charge in [0.25, 0.3) is 0 Å². The van der Waals surface area contributed by atoms with Crippen LogP contribution in [0.1, 0.15) is 38.6 Å². The van der Waals surface area contributed by atoms with Crippen molar-refractivity contribution >= 4 is 17.2 Å². The van der Waals surface area contributed by atoms with E-state index in [1.54, 1.807) is 11.3 Å². The molecule has 106 valence electrons. The molecule has 2 rings (SSSR count). The smallest absolute Gasteiger partial charge is 0.248 e. The molecule has 1 unspecified atom stereocenters. The predicted molar refractivity (Wildman–Crippen MR) is 79.2 cm³/mol. The number of amides is 1. The van der Waals surface area contributed by atoms with Crippen molar-refractivity contribution < 1.29 is 9.18 Å². The van der Waals surface area contributed by atoms with E-state index >= 15 is 0 Å². The molecule has 0 radical (unpaired) electrons. The highest BCUT2D eigenvalue weighted by Gasteiger charge is 2.10. The van der Waals surface area contributed by atoms with Gasteiger partial charge in [0.1, 0.15) is 5.82 Å². The van der Waals surface area contributed by atoms with Gasteiger partial charge < -0.3 is 11.1 Å². The molecule has 0 spiro atoms. The molecule has 0 saturated carbocycles. The van der Waals surface area contributed by atoms with Gasteiger partial charge in [0.15, 0.2) is 0 Å². The summed E-state index contributed by atoms with van der Waals surface area (Å²) in [4.78, 5) is 13.6. The number of rotatable bonds is 5. The molecule has 3 N–H and O–H groups in total. The maximum atomic E-state index is 13.7. The van der Waals surface area contributed by atoms with Crippen molar-refractivity contribution in [3.63, 3.8) is 0 Å². The van der Waals surface area contributed by atoms with E-state index in [4.69, 9.17) is 5.73 Å². The topological polar surface area (TPSA) is 55.1 Å². The minimum absolute atomic E-state index is 0.130. The van der Waals surface area contributed by atoms with E-state index in [0.717, 1.165) is 0 Å². The molecule has 0 aliphatic carbocycles. The van der Waals surface area contributed by atoms with Gasteiger partial charge >= 0.3 is 0 Å². The predicted octanol–water partition coefficient (Wildman–Crippen LogP) is 3.15. The van der Waals surface area contributed by atoms with Crippen molar-refractivity contribution in [2.75, 3.05) is 0 Å². The van der Waals surface area contributed by atoms with Crippen molar-refractivity contribution in [1.82, 2.24) is 5.32 Å². The number of benzene rings is 1. The molecular weight excluding hydrogens is 275 g/mol. The van der Waals surface area contributed by atoms with E-state index in [2.05, 4.69) is 24.4 Å². The number of halogens is 1. The Labute approximate surface area is 121 Å². The quantitative estimate of drug-likeness (QED) is 0.889. The van der Waals surface area contributed by atoms with Crippen LogP contribution >= 0.6 is 11.3 Å². The number of primary amides is 1. The first-order valence-electron chi connectivity index (χ1n) is 6.35. The summed E-state index contributed by atoms with van der Waals surface area (Å²) in [5.41, 5.74) is 5.97. The number of carbonyl (C=O) groups is 1. The summed E-state index contributed by atoms with van der Waals surface area (Å²) in [6.45, 7) is 4.43. The number of aryl methyl sites for hydroxylation is 1. The van der Waals surface area contributed by atoms with Crippen LogP contribution in [-0.2, 0) is 6.54 Å². The van der Waals surface area contributed by atoms with Gasteiger partial charge in [0, 0.05) is 33.5 Å². The third-order valence-corrected chi connectivity index (χ3v) is 4.30. The van der Waals surface area contributed by atoms with Crippen LogP contribution in [0.4, 0.5) is 4.39 Å². The first-order chi connectivity index (χ1) is 9.47. The van der Waals surface area contributed by atoms with Gasteiger partial charge in [-0.05, 0) is 44.2 Å². The van der Waals surface area contributed by atoms with Crippen molar-refractivity contribution in [1.29, 1.82) is 0 Å². The standard InChI is InChI=1S/C15H17FN2OS/c1-9-3-6-14(20-9)10(2)18-8-12-7-11(15(17)19)4-5-13(12)16/h3-7,10,18H,8H2,1-2H3,(H2,17,19).